The van der Waals surface area contributed by atoms with Crippen LogP contribution in [0.2, 0.25) is 0 Å². The monoisotopic (exact) mass is 263 g/mol. The molecule has 0 aliphatic carbocycles. The Bertz CT molecular complexity index is 539. The van der Waals surface area contributed by atoms with Crippen LogP contribution >= 0.6 is 0 Å². The second-order valence-electron chi connectivity index (χ2n) is 4.40. The fourth-order valence-corrected chi connectivity index (χ4v) is 1.90. The van der Waals surface area contributed by atoms with Crippen molar-refractivity contribution in [1.29, 1.82) is 0 Å². The molecule has 0 amide bonds. The third kappa shape index (κ3) is 3.79. The van der Waals surface area contributed by atoms with E-state index < -0.39 is 0 Å². The molecule has 0 atom stereocenters. The van der Waals surface area contributed by atoms with Gasteiger partial charge in [0.2, 0.25) is 0 Å². The minimum Gasteiger partial charge on any atom is -0.493 e. The predicted molar refractivity (Wildman–Crippen MR) is 71.6 cm³/mol. The molecule has 102 valence electrons. The number of hydrogen-bond donors (Lipinski definition) is 1. The van der Waals surface area contributed by atoms with Crippen molar-refractivity contribution in [1.82, 2.24) is 15.1 Å². The minimum atomic E-state index is -0.246. The lowest BCUT2D eigenvalue weighted by Gasteiger charge is -2.11. The first kappa shape index (κ1) is 13.5. The normalized spacial score (nSPS) is 10.7. The highest BCUT2D eigenvalue weighted by Crippen LogP contribution is 2.19. The van der Waals surface area contributed by atoms with Gasteiger partial charge in [-0.3, -0.25) is 4.68 Å². The zero-order chi connectivity index (χ0) is 13.7. The summed E-state index contributed by atoms with van der Waals surface area (Å²) in [7, 11) is 3.71. The summed E-state index contributed by atoms with van der Waals surface area (Å²) in [6.45, 7) is 1.13. The molecule has 0 unspecified atom stereocenters. The van der Waals surface area contributed by atoms with Gasteiger partial charge in [0.15, 0.2) is 0 Å². The Kier molecular flexibility index (Phi) is 4.52. The maximum atomic E-state index is 13.2. The zero-order valence-electron chi connectivity index (χ0n) is 11.2. The Morgan fingerprint density at radius 3 is 2.95 bits per heavy atom. The SMILES string of the molecule is CNCc1cc(F)ccc1OCCc1cnn(C)c1. The van der Waals surface area contributed by atoms with E-state index in [1.807, 2.05) is 26.5 Å². The van der Waals surface area contributed by atoms with Gasteiger partial charge in [-0.1, -0.05) is 0 Å². The van der Waals surface area contributed by atoms with Crippen LogP contribution in [0.1, 0.15) is 11.1 Å². The first-order chi connectivity index (χ1) is 9.19. The van der Waals surface area contributed by atoms with Crippen LogP contribution in [0.4, 0.5) is 4.39 Å². The quantitative estimate of drug-likeness (QED) is 0.865. The molecule has 0 saturated heterocycles. The predicted octanol–water partition coefficient (Wildman–Crippen LogP) is 1.90. The average molecular weight is 263 g/mol. The summed E-state index contributed by atoms with van der Waals surface area (Å²) >= 11 is 0. The second kappa shape index (κ2) is 6.33. The van der Waals surface area contributed by atoms with Crippen LogP contribution in [0, 0.1) is 5.82 Å². The molecule has 0 aliphatic heterocycles. The Labute approximate surface area is 112 Å². The lowest BCUT2D eigenvalue weighted by atomic mass is 10.2. The molecule has 1 heterocycles. The standard InChI is InChI=1S/C14H18FN3O/c1-16-9-12-7-13(15)3-4-14(12)19-6-5-11-8-17-18(2)10-11/h3-4,7-8,10,16H,5-6,9H2,1-2H3. The number of benzene rings is 1. The zero-order valence-corrected chi connectivity index (χ0v) is 11.2. The number of halogens is 1. The van der Waals surface area contributed by atoms with Gasteiger partial charge in [-0.2, -0.15) is 5.10 Å². The second-order valence-corrected chi connectivity index (χ2v) is 4.40. The Balaban J connectivity index is 1.95. The smallest absolute Gasteiger partial charge is 0.123 e. The molecule has 0 spiro atoms. The van der Waals surface area contributed by atoms with Crippen LogP contribution in [0.15, 0.2) is 30.6 Å². The van der Waals surface area contributed by atoms with E-state index in [4.69, 9.17) is 4.74 Å². The highest BCUT2D eigenvalue weighted by atomic mass is 19.1. The van der Waals surface area contributed by atoms with Gasteiger partial charge in [0.05, 0.1) is 12.8 Å². The average Bonchev–Trinajstić information content (AvgIpc) is 2.78. The van der Waals surface area contributed by atoms with Crippen molar-refractivity contribution >= 4 is 0 Å². The molecule has 4 nitrogen and oxygen atoms in total. The van der Waals surface area contributed by atoms with Crippen LogP contribution in [0.3, 0.4) is 0 Å². The van der Waals surface area contributed by atoms with E-state index >= 15 is 0 Å². The van der Waals surface area contributed by atoms with E-state index in [0.29, 0.717) is 13.2 Å². The van der Waals surface area contributed by atoms with Crippen LogP contribution in [0.5, 0.6) is 5.75 Å². The molecule has 0 bridgehead atoms. The van der Waals surface area contributed by atoms with Crippen molar-refractivity contribution in [2.24, 2.45) is 7.05 Å². The molecule has 2 aromatic rings. The summed E-state index contributed by atoms with van der Waals surface area (Å²) in [5.74, 6) is 0.476. The van der Waals surface area contributed by atoms with Crippen molar-refractivity contribution in [2.45, 2.75) is 13.0 Å². The van der Waals surface area contributed by atoms with Gasteiger partial charge in [-0.25, -0.2) is 4.39 Å². The van der Waals surface area contributed by atoms with E-state index in [-0.39, 0.29) is 5.82 Å². The van der Waals surface area contributed by atoms with E-state index in [1.165, 1.54) is 12.1 Å². The summed E-state index contributed by atoms with van der Waals surface area (Å²) in [5, 5.41) is 7.11. The van der Waals surface area contributed by atoms with Gasteiger partial charge in [0.1, 0.15) is 11.6 Å². The van der Waals surface area contributed by atoms with Gasteiger partial charge in [0, 0.05) is 31.8 Å². The summed E-state index contributed by atoms with van der Waals surface area (Å²) in [4.78, 5) is 0. The Hall–Kier alpha value is -1.88. The number of aryl methyl sites for hydroxylation is 1. The molecule has 2 rings (SSSR count). The van der Waals surface area contributed by atoms with Gasteiger partial charge < -0.3 is 10.1 Å². The molecule has 0 aliphatic rings. The maximum Gasteiger partial charge on any atom is 0.123 e. The highest BCUT2D eigenvalue weighted by Gasteiger charge is 2.05. The minimum absolute atomic E-state index is 0.246. The first-order valence-corrected chi connectivity index (χ1v) is 6.22. The van der Waals surface area contributed by atoms with Gasteiger partial charge >= 0.3 is 0 Å². The number of nitrogens with one attached hydrogen (secondary N) is 1. The number of nitrogens with zero attached hydrogens (tertiary/aromatic N) is 2. The third-order valence-corrected chi connectivity index (χ3v) is 2.80. The lowest BCUT2D eigenvalue weighted by molar-refractivity contribution is 0.317. The Morgan fingerprint density at radius 2 is 2.26 bits per heavy atom. The van der Waals surface area contributed by atoms with Crippen molar-refractivity contribution in [2.75, 3.05) is 13.7 Å². The largest absolute Gasteiger partial charge is 0.493 e. The van der Waals surface area contributed by atoms with Crippen molar-refractivity contribution < 1.29 is 9.13 Å². The number of ether oxygens (including phenoxy) is 1. The molecular weight excluding hydrogens is 245 g/mol. The molecule has 0 radical (unpaired) electrons. The summed E-state index contributed by atoms with van der Waals surface area (Å²) < 4.78 is 20.6. The fraction of sp³-hybridized carbons (Fsp3) is 0.357. The van der Waals surface area contributed by atoms with Crippen molar-refractivity contribution in [3.05, 3.63) is 47.5 Å². The summed E-state index contributed by atoms with van der Waals surface area (Å²) in [5.41, 5.74) is 1.95. The summed E-state index contributed by atoms with van der Waals surface area (Å²) in [6, 6.07) is 4.58. The van der Waals surface area contributed by atoms with Gasteiger partial charge in [-0.15, -0.1) is 0 Å². The molecule has 0 saturated carbocycles. The lowest BCUT2D eigenvalue weighted by Crippen LogP contribution is -2.09. The molecule has 5 heteroatoms. The fourth-order valence-electron chi connectivity index (χ4n) is 1.90. The first-order valence-electron chi connectivity index (χ1n) is 6.22. The molecule has 1 aromatic heterocycles. The van der Waals surface area contributed by atoms with E-state index in [1.54, 1.807) is 10.7 Å². The number of aromatic nitrogens is 2. The van der Waals surface area contributed by atoms with Crippen LogP contribution in [-0.2, 0) is 20.0 Å². The highest BCUT2D eigenvalue weighted by molar-refractivity contribution is 5.34. The molecule has 0 fully saturated rings. The molecular formula is C14H18FN3O. The van der Waals surface area contributed by atoms with E-state index in [2.05, 4.69) is 10.4 Å². The Morgan fingerprint density at radius 1 is 1.42 bits per heavy atom. The van der Waals surface area contributed by atoms with Crippen molar-refractivity contribution in [3.8, 4) is 5.75 Å². The van der Waals surface area contributed by atoms with E-state index in [0.717, 1.165) is 23.3 Å². The van der Waals surface area contributed by atoms with Crippen molar-refractivity contribution in [3.63, 3.8) is 0 Å². The molecule has 1 N–H and O–H groups in total. The van der Waals surface area contributed by atoms with E-state index in [9.17, 15) is 4.39 Å². The number of hydrogen-bond acceptors (Lipinski definition) is 3. The van der Waals surface area contributed by atoms with Gasteiger partial charge in [0.25, 0.3) is 0 Å². The van der Waals surface area contributed by atoms with Crippen LogP contribution in [0.25, 0.3) is 0 Å². The number of rotatable bonds is 6. The molecule has 19 heavy (non-hydrogen) atoms. The maximum absolute atomic E-state index is 13.2. The molecule has 1 aromatic carbocycles. The topological polar surface area (TPSA) is 39.1 Å². The van der Waals surface area contributed by atoms with Crippen LogP contribution in [-0.4, -0.2) is 23.4 Å². The van der Waals surface area contributed by atoms with Crippen LogP contribution < -0.4 is 10.1 Å². The van der Waals surface area contributed by atoms with Gasteiger partial charge in [-0.05, 0) is 30.8 Å². The summed E-state index contributed by atoms with van der Waals surface area (Å²) in [6.07, 6.45) is 4.56. The third-order valence-electron chi connectivity index (χ3n) is 2.80.